The van der Waals surface area contributed by atoms with Crippen LogP contribution in [-0.2, 0) is 0 Å². The summed E-state index contributed by atoms with van der Waals surface area (Å²) in [4.78, 5) is 29.8. The highest BCUT2D eigenvalue weighted by Crippen LogP contribution is 2.24. The number of imidazole rings is 1. The second-order valence-corrected chi connectivity index (χ2v) is 6.73. The predicted molar refractivity (Wildman–Crippen MR) is 108 cm³/mol. The average molecular weight is 380 g/mol. The van der Waals surface area contributed by atoms with E-state index in [1.807, 2.05) is 39.0 Å². The lowest BCUT2D eigenvalue weighted by Crippen LogP contribution is -2.27. The number of pyridine rings is 1. The Bertz CT molecular complexity index is 994. The number of aromatic nitrogens is 2. The molecule has 0 atom stereocenters. The van der Waals surface area contributed by atoms with Crippen molar-refractivity contribution in [1.29, 1.82) is 0 Å². The van der Waals surface area contributed by atoms with E-state index in [1.54, 1.807) is 34.9 Å². The number of fused-ring (bicyclic) bond motifs is 1. The number of nitrogens with one attached hydrogen (secondary N) is 2. The van der Waals surface area contributed by atoms with Gasteiger partial charge in [0.25, 0.3) is 11.8 Å². The summed E-state index contributed by atoms with van der Waals surface area (Å²) < 4.78 is 7.17. The third kappa shape index (κ3) is 4.14. The predicted octanol–water partition coefficient (Wildman–Crippen LogP) is 3.37. The standard InChI is InChI=1S/C21H24N4O3/c1-4-28-17-11-6-5-9-15(17)23-21(27)19-24-18(20(26)22-13-14(2)3)16-10-7-8-12-25(16)19/h5-12,14H,4,13H2,1-3H3,(H,22,26)(H,23,27). The molecule has 0 aliphatic rings. The molecular weight excluding hydrogens is 356 g/mol. The molecule has 3 aromatic rings. The van der Waals surface area contributed by atoms with Gasteiger partial charge in [0.1, 0.15) is 5.75 Å². The van der Waals surface area contributed by atoms with Crippen LogP contribution in [0.1, 0.15) is 41.9 Å². The number of carbonyl (C=O) groups excluding carboxylic acids is 2. The fraction of sp³-hybridized carbons (Fsp3) is 0.286. The van der Waals surface area contributed by atoms with Gasteiger partial charge in [-0.05, 0) is 37.1 Å². The van der Waals surface area contributed by atoms with E-state index >= 15 is 0 Å². The summed E-state index contributed by atoms with van der Waals surface area (Å²) in [7, 11) is 0. The topological polar surface area (TPSA) is 84.7 Å². The van der Waals surface area contributed by atoms with Crippen LogP contribution in [0.15, 0.2) is 48.7 Å². The molecule has 0 bridgehead atoms. The summed E-state index contributed by atoms with van der Waals surface area (Å²) >= 11 is 0. The number of para-hydroxylation sites is 2. The first-order valence-corrected chi connectivity index (χ1v) is 9.29. The van der Waals surface area contributed by atoms with Crippen molar-refractivity contribution in [3.8, 4) is 5.75 Å². The molecule has 0 spiro atoms. The number of hydrogen-bond donors (Lipinski definition) is 2. The van der Waals surface area contributed by atoms with Gasteiger partial charge in [-0.25, -0.2) is 4.98 Å². The van der Waals surface area contributed by atoms with Crippen molar-refractivity contribution in [3.05, 3.63) is 60.2 Å². The van der Waals surface area contributed by atoms with Gasteiger partial charge < -0.3 is 15.4 Å². The lowest BCUT2D eigenvalue weighted by Gasteiger charge is -2.10. The Balaban J connectivity index is 1.93. The van der Waals surface area contributed by atoms with Crippen LogP contribution in [0.5, 0.6) is 5.75 Å². The molecule has 146 valence electrons. The zero-order chi connectivity index (χ0) is 20.1. The highest BCUT2D eigenvalue weighted by atomic mass is 16.5. The van der Waals surface area contributed by atoms with E-state index in [0.29, 0.717) is 36.0 Å². The average Bonchev–Trinajstić information content (AvgIpc) is 3.08. The van der Waals surface area contributed by atoms with Gasteiger partial charge in [-0.3, -0.25) is 14.0 Å². The largest absolute Gasteiger partial charge is 0.492 e. The molecule has 0 aliphatic heterocycles. The summed E-state index contributed by atoms with van der Waals surface area (Å²) in [5.41, 5.74) is 1.35. The van der Waals surface area contributed by atoms with Crippen LogP contribution < -0.4 is 15.4 Å². The molecule has 0 saturated heterocycles. The molecule has 3 rings (SSSR count). The Kier molecular flexibility index (Phi) is 5.93. The Hall–Kier alpha value is -3.35. The molecule has 2 amide bonds. The fourth-order valence-corrected chi connectivity index (χ4v) is 2.78. The second kappa shape index (κ2) is 8.56. The first kappa shape index (κ1) is 19.4. The van der Waals surface area contributed by atoms with E-state index in [2.05, 4.69) is 15.6 Å². The van der Waals surface area contributed by atoms with Gasteiger partial charge in [0.2, 0.25) is 5.82 Å². The second-order valence-electron chi connectivity index (χ2n) is 6.73. The van der Waals surface area contributed by atoms with E-state index in [0.717, 1.165) is 0 Å². The molecule has 7 heteroatoms. The van der Waals surface area contributed by atoms with Crippen molar-refractivity contribution >= 4 is 23.0 Å². The minimum Gasteiger partial charge on any atom is -0.492 e. The maximum atomic E-state index is 12.9. The molecular formula is C21H24N4O3. The lowest BCUT2D eigenvalue weighted by molar-refractivity contribution is 0.0946. The Morgan fingerprint density at radius 1 is 1.11 bits per heavy atom. The fourth-order valence-electron chi connectivity index (χ4n) is 2.78. The van der Waals surface area contributed by atoms with Gasteiger partial charge in [-0.1, -0.05) is 32.0 Å². The van der Waals surface area contributed by atoms with Crippen LogP contribution >= 0.6 is 0 Å². The van der Waals surface area contributed by atoms with Gasteiger partial charge in [-0.15, -0.1) is 0 Å². The SMILES string of the molecule is CCOc1ccccc1NC(=O)c1nc(C(=O)NCC(C)C)c2ccccn12. The number of rotatable bonds is 7. The highest BCUT2D eigenvalue weighted by molar-refractivity contribution is 6.06. The van der Waals surface area contributed by atoms with Gasteiger partial charge in [-0.2, -0.15) is 0 Å². The number of carbonyl (C=O) groups is 2. The van der Waals surface area contributed by atoms with Gasteiger partial charge in [0.15, 0.2) is 5.69 Å². The van der Waals surface area contributed by atoms with Crippen molar-refractivity contribution in [2.45, 2.75) is 20.8 Å². The molecule has 1 aromatic carbocycles. The van der Waals surface area contributed by atoms with Crippen LogP contribution in [0.3, 0.4) is 0 Å². The van der Waals surface area contributed by atoms with Crippen molar-refractivity contribution in [2.75, 3.05) is 18.5 Å². The number of ether oxygens (including phenoxy) is 1. The molecule has 0 fully saturated rings. The Labute approximate surface area is 163 Å². The molecule has 2 heterocycles. The van der Waals surface area contributed by atoms with E-state index < -0.39 is 5.91 Å². The van der Waals surface area contributed by atoms with Gasteiger partial charge in [0.05, 0.1) is 17.8 Å². The maximum Gasteiger partial charge on any atom is 0.292 e. The zero-order valence-electron chi connectivity index (χ0n) is 16.2. The van der Waals surface area contributed by atoms with E-state index in [-0.39, 0.29) is 17.4 Å². The van der Waals surface area contributed by atoms with Crippen LogP contribution in [-0.4, -0.2) is 34.4 Å². The molecule has 0 saturated carbocycles. The Morgan fingerprint density at radius 2 is 1.86 bits per heavy atom. The van der Waals surface area contributed by atoms with E-state index in [4.69, 9.17) is 4.74 Å². The van der Waals surface area contributed by atoms with Crippen molar-refractivity contribution in [2.24, 2.45) is 5.92 Å². The molecule has 7 nitrogen and oxygen atoms in total. The molecule has 2 N–H and O–H groups in total. The summed E-state index contributed by atoms with van der Waals surface area (Å²) in [6.45, 7) is 6.93. The summed E-state index contributed by atoms with van der Waals surface area (Å²) in [5, 5.41) is 5.68. The summed E-state index contributed by atoms with van der Waals surface area (Å²) in [6, 6.07) is 12.6. The zero-order valence-corrected chi connectivity index (χ0v) is 16.2. The number of nitrogens with zero attached hydrogens (tertiary/aromatic N) is 2. The first-order chi connectivity index (χ1) is 13.5. The number of anilines is 1. The third-order valence-electron chi connectivity index (χ3n) is 4.07. The van der Waals surface area contributed by atoms with Crippen LogP contribution in [0.2, 0.25) is 0 Å². The Morgan fingerprint density at radius 3 is 2.61 bits per heavy atom. The third-order valence-corrected chi connectivity index (χ3v) is 4.07. The minimum atomic E-state index is -0.420. The van der Waals surface area contributed by atoms with Crippen LogP contribution in [0, 0.1) is 5.92 Å². The molecule has 0 aliphatic carbocycles. The smallest absolute Gasteiger partial charge is 0.292 e. The highest BCUT2D eigenvalue weighted by Gasteiger charge is 2.22. The van der Waals surface area contributed by atoms with Crippen LogP contribution in [0.25, 0.3) is 5.52 Å². The number of benzene rings is 1. The van der Waals surface area contributed by atoms with E-state index in [1.165, 1.54) is 0 Å². The first-order valence-electron chi connectivity index (χ1n) is 9.29. The number of hydrogen-bond acceptors (Lipinski definition) is 4. The van der Waals surface area contributed by atoms with Crippen molar-refractivity contribution in [3.63, 3.8) is 0 Å². The lowest BCUT2D eigenvalue weighted by atomic mass is 10.2. The molecule has 28 heavy (non-hydrogen) atoms. The van der Waals surface area contributed by atoms with E-state index in [9.17, 15) is 9.59 Å². The van der Waals surface area contributed by atoms with Gasteiger partial charge in [0, 0.05) is 12.7 Å². The maximum absolute atomic E-state index is 12.9. The summed E-state index contributed by atoms with van der Waals surface area (Å²) in [6.07, 6.45) is 1.71. The normalized spacial score (nSPS) is 10.9. The van der Waals surface area contributed by atoms with Crippen molar-refractivity contribution < 1.29 is 14.3 Å². The number of amides is 2. The molecule has 0 unspecified atom stereocenters. The minimum absolute atomic E-state index is 0.136. The van der Waals surface area contributed by atoms with Gasteiger partial charge >= 0.3 is 0 Å². The summed E-state index contributed by atoms with van der Waals surface area (Å²) in [5.74, 6) is 0.309. The quantitative estimate of drug-likeness (QED) is 0.658. The molecule has 2 aromatic heterocycles. The van der Waals surface area contributed by atoms with Crippen LogP contribution in [0.4, 0.5) is 5.69 Å². The monoisotopic (exact) mass is 380 g/mol. The molecule has 0 radical (unpaired) electrons. The van der Waals surface area contributed by atoms with Crippen molar-refractivity contribution in [1.82, 2.24) is 14.7 Å².